The minimum absolute atomic E-state index is 0.00122. The third-order valence-corrected chi connectivity index (χ3v) is 2.89. The zero-order valence-corrected chi connectivity index (χ0v) is 12.2. The van der Waals surface area contributed by atoms with Gasteiger partial charge in [-0.05, 0) is 17.7 Å². The molecule has 0 aromatic heterocycles. The van der Waals surface area contributed by atoms with Crippen molar-refractivity contribution in [2.75, 3.05) is 13.2 Å². The maximum Gasteiger partial charge on any atom is 0.405 e. The van der Waals surface area contributed by atoms with Crippen molar-refractivity contribution in [2.24, 2.45) is 10.9 Å². The van der Waals surface area contributed by atoms with E-state index in [0.29, 0.717) is 6.42 Å². The maximum atomic E-state index is 10.8. The second kappa shape index (κ2) is 8.39. The Morgan fingerprint density at radius 3 is 2.65 bits per heavy atom. The Bertz CT molecular complexity index is 464. The van der Waals surface area contributed by atoms with Crippen molar-refractivity contribution in [1.29, 1.82) is 0 Å². The number of nitrogens with zero attached hydrogens (tertiary/aromatic N) is 1. The summed E-state index contributed by atoms with van der Waals surface area (Å²) in [6.07, 6.45) is -0.857. The van der Waals surface area contributed by atoms with Crippen LogP contribution < -0.4 is 11.1 Å². The topological polar surface area (TPSA) is 117 Å². The number of amides is 1. The lowest BCUT2D eigenvalue weighted by atomic mass is 10.1. The summed E-state index contributed by atoms with van der Waals surface area (Å²) in [5, 5.41) is 23.2. The predicted molar refractivity (Wildman–Crippen MR) is 77.5 cm³/mol. The molecule has 1 aromatic rings. The van der Waals surface area contributed by atoms with Gasteiger partial charge in [0.15, 0.2) is 5.84 Å². The lowest BCUT2D eigenvalue weighted by Crippen LogP contribution is -2.45. The Kier molecular flexibility index (Phi) is 6.82. The van der Waals surface area contributed by atoms with Crippen LogP contribution in [0.25, 0.3) is 0 Å². The number of rotatable bonds is 7. The van der Waals surface area contributed by atoms with Crippen molar-refractivity contribution >= 4 is 27.9 Å². The quantitative estimate of drug-likeness (QED) is 0.253. The summed E-state index contributed by atoms with van der Waals surface area (Å²) in [6, 6.07) is 6.70. The van der Waals surface area contributed by atoms with Crippen molar-refractivity contribution in [3.8, 4) is 0 Å². The van der Waals surface area contributed by atoms with E-state index < -0.39 is 12.1 Å². The molecule has 0 aliphatic rings. The minimum Gasteiger partial charge on any atom is -0.465 e. The summed E-state index contributed by atoms with van der Waals surface area (Å²) in [7, 11) is 0. The van der Waals surface area contributed by atoms with Crippen LogP contribution in [0.4, 0.5) is 4.79 Å². The molecule has 0 heterocycles. The van der Waals surface area contributed by atoms with Crippen molar-refractivity contribution in [1.82, 2.24) is 5.32 Å². The number of hydrogen-bond acceptors (Lipinski definition) is 4. The van der Waals surface area contributed by atoms with Crippen LogP contribution in [0.3, 0.4) is 0 Å². The van der Waals surface area contributed by atoms with Gasteiger partial charge in [-0.15, -0.1) is 0 Å². The van der Waals surface area contributed by atoms with E-state index >= 15 is 0 Å². The Labute approximate surface area is 124 Å². The van der Waals surface area contributed by atoms with Gasteiger partial charge in [0.1, 0.15) is 6.61 Å². The first-order chi connectivity index (χ1) is 9.52. The van der Waals surface area contributed by atoms with E-state index in [1.54, 1.807) is 0 Å². The van der Waals surface area contributed by atoms with Crippen LogP contribution in [0.2, 0.25) is 0 Å². The van der Waals surface area contributed by atoms with E-state index in [0.717, 1.165) is 10.0 Å². The fourth-order valence-electron chi connectivity index (χ4n) is 1.46. The fourth-order valence-corrected chi connectivity index (χ4v) is 1.72. The Morgan fingerprint density at radius 1 is 1.45 bits per heavy atom. The van der Waals surface area contributed by atoms with Crippen LogP contribution in [0.15, 0.2) is 33.9 Å². The van der Waals surface area contributed by atoms with Gasteiger partial charge in [-0.25, -0.2) is 4.79 Å². The molecule has 8 heteroatoms. The third kappa shape index (κ3) is 5.89. The first kappa shape index (κ1) is 16.3. The van der Waals surface area contributed by atoms with Crippen LogP contribution >= 0.6 is 15.9 Å². The zero-order chi connectivity index (χ0) is 15.0. The molecule has 0 bridgehead atoms. The van der Waals surface area contributed by atoms with Crippen molar-refractivity contribution < 1.29 is 19.8 Å². The van der Waals surface area contributed by atoms with Gasteiger partial charge >= 0.3 is 6.09 Å². The molecule has 1 rings (SSSR count). The summed E-state index contributed by atoms with van der Waals surface area (Å²) in [5.74, 6) is 0.00349. The summed E-state index contributed by atoms with van der Waals surface area (Å²) in [5.41, 5.74) is 6.59. The number of oxime groups is 1. The molecule has 20 heavy (non-hydrogen) atoms. The lowest BCUT2D eigenvalue weighted by Gasteiger charge is -2.16. The van der Waals surface area contributed by atoms with Gasteiger partial charge in [0.2, 0.25) is 0 Å². The second-order valence-electron chi connectivity index (χ2n) is 3.91. The summed E-state index contributed by atoms with van der Waals surface area (Å²) in [4.78, 5) is 15.5. The number of nitrogens with one attached hydrogen (secondary N) is 1. The summed E-state index contributed by atoms with van der Waals surface area (Å²) < 4.78 is 0.928. The van der Waals surface area contributed by atoms with E-state index in [-0.39, 0.29) is 19.0 Å². The van der Waals surface area contributed by atoms with E-state index in [4.69, 9.17) is 20.8 Å². The van der Waals surface area contributed by atoms with Crippen LogP contribution in [-0.2, 0) is 11.3 Å². The van der Waals surface area contributed by atoms with Crippen molar-refractivity contribution in [3.63, 3.8) is 0 Å². The van der Waals surface area contributed by atoms with Gasteiger partial charge in [-0.3, -0.25) is 0 Å². The SMILES string of the molecule is NC(=NOCCO)C(Cc1ccc(Br)cc1)NC(=O)O. The average Bonchev–Trinajstić information content (AvgIpc) is 2.40. The standard InChI is InChI=1S/C12H16BrN3O4/c13-9-3-1-8(2-4-9)7-10(15-12(18)19)11(14)16-20-6-5-17/h1-4,10,15,17H,5-7H2,(H2,14,16)(H,18,19). The van der Waals surface area contributed by atoms with Crippen LogP contribution in [0.1, 0.15) is 5.56 Å². The Hall–Kier alpha value is -1.80. The molecule has 1 aromatic carbocycles. The van der Waals surface area contributed by atoms with Crippen LogP contribution in [0, 0.1) is 0 Å². The van der Waals surface area contributed by atoms with Gasteiger partial charge in [0, 0.05) is 10.9 Å². The normalized spacial score (nSPS) is 12.8. The molecule has 1 unspecified atom stereocenters. The van der Waals surface area contributed by atoms with Gasteiger partial charge < -0.3 is 26.1 Å². The molecule has 0 aliphatic carbocycles. The second-order valence-corrected chi connectivity index (χ2v) is 4.82. The fraction of sp³-hybridized carbons (Fsp3) is 0.333. The summed E-state index contributed by atoms with van der Waals surface area (Å²) in [6.45, 7) is -0.195. The highest BCUT2D eigenvalue weighted by Gasteiger charge is 2.17. The monoisotopic (exact) mass is 345 g/mol. The summed E-state index contributed by atoms with van der Waals surface area (Å²) >= 11 is 3.32. The van der Waals surface area contributed by atoms with E-state index in [9.17, 15) is 4.79 Å². The maximum absolute atomic E-state index is 10.8. The molecule has 0 fully saturated rings. The van der Waals surface area contributed by atoms with Crippen molar-refractivity contribution in [3.05, 3.63) is 34.3 Å². The highest BCUT2D eigenvalue weighted by molar-refractivity contribution is 9.10. The van der Waals surface area contributed by atoms with E-state index in [1.165, 1.54) is 0 Å². The van der Waals surface area contributed by atoms with Crippen LogP contribution in [-0.4, -0.2) is 41.4 Å². The highest BCUT2D eigenvalue weighted by Crippen LogP contribution is 2.12. The van der Waals surface area contributed by atoms with Gasteiger partial charge in [0.25, 0.3) is 0 Å². The number of aliphatic hydroxyl groups is 1. The van der Waals surface area contributed by atoms with Crippen LogP contribution in [0.5, 0.6) is 0 Å². The van der Waals surface area contributed by atoms with Gasteiger partial charge in [-0.1, -0.05) is 33.2 Å². The number of amidine groups is 1. The van der Waals surface area contributed by atoms with E-state index in [2.05, 4.69) is 26.4 Å². The molecule has 110 valence electrons. The Morgan fingerprint density at radius 2 is 2.10 bits per heavy atom. The number of hydrogen-bond donors (Lipinski definition) is 4. The van der Waals surface area contributed by atoms with Crippen molar-refractivity contribution in [2.45, 2.75) is 12.5 Å². The molecule has 5 N–H and O–H groups in total. The first-order valence-electron chi connectivity index (χ1n) is 5.83. The Balaban J connectivity index is 2.75. The average molecular weight is 346 g/mol. The molecule has 0 aliphatic heterocycles. The molecule has 0 saturated heterocycles. The van der Waals surface area contributed by atoms with Gasteiger partial charge in [0.05, 0.1) is 12.6 Å². The minimum atomic E-state index is -1.20. The number of nitrogens with two attached hydrogens (primary N) is 1. The molecular weight excluding hydrogens is 330 g/mol. The number of benzene rings is 1. The number of carboxylic acid groups (broad SMARTS) is 1. The molecule has 1 amide bonds. The number of aliphatic hydroxyl groups excluding tert-OH is 1. The molecular formula is C12H16BrN3O4. The molecule has 0 spiro atoms. The number of carbonyl (C=O) groups is 1. The largest absolute Gasteiger partial charge is 0.465 e. The third-order valence-electron chi connectivity index (χ3n) is 2.36. The molecule has 7 nitrogen and oxygen atoms in total. The molecule has 0 radical (unpaired) electrons. The molecule has 0 saturated carbocycles. The van der Waals surface area contributed by atoms with E-state index in [1.807, 2.05) is 24.3 Å². The number of halogens is 1. The zero-order valence-electron chi connectivity index (χ0n) is 10.6. The van der Waals surface area contributed by atoms with Gasteiger partial charge in [-0.2, -0.15) is 0 Å². The smallest absolute Gasteiger partial charge is 0.405 e. The first-order valence-corrected chi connectivity index (χ1v) is 6.62. The predicted octanol–water partition coefficient (Wildman–Crippen LogP) is 0.909. The highest BCUT2D eigenvalue weighted by atomic mass is 79.9. The lowest BCUT2D eigenvalue weighted by molar-refractivity contribution is 0.0974. The molecule has 1 atom stereocenters.